The number of thiazole rings is 1. The molecule has 0 unspecified atom stereocenters. The Morgan fingerprint density at radius 3 is 2.57 bits per heavy atom. The summed E-state index contributed by atoms with van der Waals surface area (Å²) in [6, 6.07) is 22.9. The molecule has 4 aromatic rings. The van der Waals surface area contributed by atoms with Gasteiger partial charge in [-0.25, -0.2) is 4.98 Å². The quantitative estimate of drug-likeness (QED) is 0.0583. The van der Waals surface area contributed by atoms with E-state index >= 15 is 0 Å². The number of nitrogen functional groups attached to an aromatic ring is 1. The van der Waals surface area contributed by atoms with E-state index in [0.717, 1.165) is 76.1 Å². The van der Waals surface area contributed by atoms with Crippen molar-refractivity contribution in [3.63, 3.8) is 0 Å². The van der Waals surface area contributed by atoms with Gasteiger partial charge < -0.3 is 20.4 Å². The fourth-order valence-corrected chi connectivity index (χ4v) is 7.28. The van der Waals surface area contributed by atoms with Crippen molar-refractivity contribution < 1.29 is 4.74 Å². The fraction of sp³-hybridized carbons (Fsp3) is 0.459. The molecule has 9 heteroatoms. The summed E-state index contributed by atoms with van der Waals surface area (Å²) in [5, 5.41) is 0.570. The van der Waals surface area contributed by atoms with Crippen molar-refractivity contribution in [1.82, 2.24) is 14.7 Å². The van der Waals surface area contributed by atoms with E-state index in [1.807, 2.05) is 24.3 Å². The highest BCUT2D eigenvalue weighted by molar-refractivity contribution is 7.97. The molecule has 4 rings (SSSR count). The van der Waals surface area contributed by atoms with E-state index in [4.69, 9.17) is 27.7 Å². The molecule has 46 heavy (non-hydrogen) atoms. The van der Waals surface area contributed by atoms with Crippen LogP contribution in [0.4, 0.5) is 10.9 Å². The maximum absolute atomic E-state index is 6.30. The van der Waals surface area contributed by atoms with Gasteiger partial charge in [0.05, 0.1) is 17.2 Å². The molecule has 0 aliphatic heterocycles. The SMILES string of the molecule is CCCC(C)(C)CN(CCNSCCc1ccccc1-c1nc(N)sc1-c1cccc(OCCC(C)(C)C)c1)c1cccc(=S)[nH]1. The lowest BCUT2D eigenvalue weighted by molar-refractivity contribution is 0.243. The van der Waals surface area contributed by atoms with E-state index < -0.39 is 0 Å². The van der Waals surface area contributed by atoms with E-state index in [0.29, 0.717) is 11.7 Å². The number of anilines is 2. The average Bonchev–Trinajstić information content (AvgIpc) is 3.39. The second-order valence-corrected chi connectivity index (χ2v) is 16.3. The highest BCUT2D eigenvalue weighted by Crippen LogP contribution is 2.40. The third kappa shape index (κ3) is 11.1. The monoisotopic (exact) mass is 677 g/mol. The molecule has 0 atom stereocenters. The zero-order valence-electron chi connectivity index (χ0n) is 28.3. The average molecular weight is 678 g/mol. The van der Waals surface area contributed by atoms with Crippen LogP contribution in [0.2, 0.25) is 0 Å². The Labute approximate surface area is 289 Å². The Bertz CT molecular complexity index is 1590. The molecule has 0 saturated carbocycles. The Kier molecular flexibility index (Phi) is 13.2. The van der Waals surface area contributed by atoms with E-state index in [1.54, 1.807) is 11.9 Å². The second kappa shape index (κ2) is 16.8. The lowest BCUT2D eigenvalue weighted by Gasteiger charge is -2.34. The largest absolute Gasteiger partial charge is 0.494 e. The van der Waals surface area contributed by atoms with Gasteiger partial charge in [0, 0.05) is 31.0 Å². The van der Waals surface area contributed by atoms with Gasteiger partial charge >= 0.3 is 0 Å². The third-order valence-corrected chi connectivity index (χ3v) is 9.82. The minimum Gasteiger partial charge on any atom is -0.494 e. The molecule has 0 aliphatic rings. The van der Waals surface area contributed by atoms with Crippen LogP contribution in [-0.2, 0) is 6.42 Å². The van der Waals surface area contributed by atoms with Crippen molar-refractivity contribution in [2.75, 3.05) is 42.6 Å². The van der Waals surface area contributed by atoms with Crippen LogP contribution in [-0.4, -0.2) is 42.0 Å². The van der Waals surface area contributed by atoms with E-state index in [9.17, 15) is 0 Å². The number of aromatic nitrogens is 2. The molecule has 2 aromatic carbocycles. The van der Waals surface area contributed by atoms with E-state index in [2.05, 4.69) is 98.6 Å². The van der Waals surface area contributed by atoms with Crippen LogP contribution in [0.15, 0.2) is 66.7 Å². The molecule has 0 fully saturated rings. The summed E-state index contributed by atoms with van der Waals surface area (Å²) in [7, 11) is 0. The minimum absolute atomic E-state index is 0.218. The number of nitrogens with zero attached hydrogens (tertiary/aromatic N) is 2. The molecular formula is C37H51N5OS3. The second-order valence-electron chi connectivity index (χ2n) is 13.8. The first-order chi connectivity index (χ1) is 21.9. The predicted octanol–water partition coefficient (Wildman–Crippen LogP) is 10.0. The summed E-state index contributed by atoms with van der Waals surface area (Å²) in [6.45, 7) is 17.1. The van der Waals surface area contributed by atoms with Crippen LogP contribution < -0.4 is 20.1 Å². The Hall–Kier alpha value is -2.85. The lowest BCUT2D eigenvalue weighted by atomic mass is 9.87. The first-order valence-corrected chi connectivity index (χ1v) is 18.5. The van der Waals surface area contributed by atoms with Gasteiger partial charge in [-0.2, -0.15) is 0 Å². The van der Waals surface area contributed by atoms with E-state index in [-0.39, 0.29) is 10.8 Å². The van der Waals surface area contributed by atoms with Crippen molar-refractivity contribution in [1.29, 1.82) is 0 Å². The number of hydrogen-bond donors (Lipinski definition) is 3. The number of hydrogen-bond acceptors (Lipinski definition) is 8. The first-order valence-electron chi connectivity index (χ1n) is 16.3. The predicted molar refractivity (Wildman–Crippen MR) is 204 cm³/mol. The summed E-state index contributed by atoms with van der Waals surface area (Å²) in [5.74, 6) is 2.90. The number of benzene rings is 2. The summed E-state index contributed by atoms with van der Waals surface area (Å²) in [5.41, 5.74) is 11.2. The van der Waals surface area contributed by atoms with Gasteiger partial charge in [0.2, 0.25) is 0 Å². The Balaban J connectivity index is 1.38. The highest BCUT2D eigenvalue weighted by atomic mass is 32.2. The number of aryl methyl sites for hydroxylation is 1. The first kappa shape index (κ1) is 36.0. The molecule has 2 aromatic heterocycles. The molecule has 0 aliphatic carbocycles. The van der Waals surface area contributed by atoms with Crippen LogP contribution in [0.25, 0.3) is 21.7 Å². The van der Waals surface area contributed by atoms with Crippen molar-refractivity contribution in [3.05, 3.63) is 76.9 Å². The number of rotatable bonds is 17. The number of nitrogens with two attached hydrogens (primary N) is 1. The molecule has 0 radical (unpaired) electrons. The molecule has 248 valence electrons. The van der Waals surface area contributed by atoms with Crippen molar-refractivity contribution in [2.24, 2.45) is 10.8 Å². The standard InChI is InChI=1S/C37H51N5OS3/c1-7-19-37(5,6)26-42(31-16-11-17-32(44)40-31)22-21-39-45-24-18-27-12-8-9-15-30(27)33-34(46-35(38)41-33)28-13-10-14-29(25-28)43-23-20-36(2,3)4/h8-17,25,39H,7,18-24,26H2,1-6H3,(H2,38,41)(H,40,44). The maximum atomic E-state index is 6.30. The molecule has 6 nitrogen and oxygen atoms in total. The van der Waals surface area contributed by atoms with Gasteiger partial charge in [-0.1, -0.05) is 126 Å². The van der Waals surface area contributed by atoms with Crippen LogP contribution in [0.3, 0.4) is 0 Å². The topological polar surface area (TPSA) is 79.2 Å². The Morgan fingerprint density at radius 2 is 1.80 bits per heavy atom. The van der Waals surface area contributed by atoms with Gasteiger partial charge in [0.15, 0.2) is 5.13 Å². The van der Waals surface area contributed by atoms with E-state index in [1.165, 1.54) is 29.7 Å². The summed E-state index contributed by atoms with van der Waals surface area (Å²) >= 11 is 8.73. The molecule has 0 saturated heterocycles. The van der Waals surface area contributed by atoms with Crippen molar-refractivity contribution in [3.8, 4) is 27.4 Å². The maximum Gasteiger partial charge on any atom is 0.181 e. The van der Waals surface area contributed by atoms with Crippen molar-refractivity contribution in [2.45, 2.75) is 67.2 Å². The number of H-pyrrole nitrogens is 1. The van der Waals surface area contributed by atoms with Crippen LogP contribution >= 0.6 is 35.5 Å². The van der Waals surface area contributed by atoms with Gasteiger partial charge in [-0.05, 0) is 65.5 Å². The third-order valence-electron chi connectivity index (χ3n) is 7.83. The summed E-state index contributed by atoms with van der Waals surface area (Å²) < 4.78 is 10.5. The molecule has 0 amide bonds. The van der Waals surface area contributed by atoms with Crippen LogP contribution in [0.5, 0.6) is 5.75 Å². The molecular weight excluding hydrogens is 627 g/mol. The zero-order valence-corrected chi connectivity index (χ0v) is 30.8. The molecule has 2 heterocycles. The minimum atomic E-state index is 0.218. The van der Waals surface area contributed by atoms with Gasteiger partial charge in [-0.15, -0.1) is 0 Å². The number of pyridine rings is 1. The van der Waals surface area contributed by atoms with Crippen LogP contribution in [0, 0.1) is 15.5 Å². The number of aromatic amines is 1. The molecule has 0 spiro atoms. The van der Waals surface area contributed by atoms with Gasteiger partial charge in [0.25, 0.3) is 0 Å². The number of nitrogens with one attached hydrogen (secondary N) is 2. The highest BCUT2D eigenvalue weighted by Gasteiger charge is 2.22. The number of ether oxygens (including phenoxy) is 1. The summed E-state index contributed by atoms with van der Waals surface area (Å²) in [6.07, 6.45) is 4.27. The zero-order chi connectivity index (χ0) is 33.2. The fourth-order valence-electron chi connectivity index (χ4n) is 5.55. The Morgan fingerprint density at radius 1 is 1.02 bits per heavy atom. The summed E-state index contributed by atoms with van der Waals surface area (Å²) in [4.78, 5) is 11.7. The smallest absolute Gasteiger partial charge is 0.181 e. The molecule has 0 bridgehead atoms. The van der Waals surface area contributed by atoms with Crippen molar-refractivity contribution >= 4 is 46.5 Å². The van der Waals surface area contributed by atoms with Gasteiger partial charge in [0.1, 0.15) is 16.2 Å². The lowest BCUT2D eigenvalue weighted by Crippen LogP contribution is -2.38. The normalized spacial score (nSPS) is 12.0. The molecule has 4 N–H and O–H groups in total. The van der Waals surface area contributed by atoms with Crippen LogP contribution in [0.1, 0.15) is 66.4 Å². The van der Waals surface area contributed by atoms with Gasteiger partial charge in [-0.3, -0.25) is 4.72 Å².